The Kier molecular flexibility index (Phi) is 21.8. The molecule has 184 valence electrons. The number of hydrogen-bond acceptors (Lipinski definition) is 6. The third-order valence-electron chi connectivity index (χ3n) is 5.07. The Morgan fingerprint density at radius 2 is 1.19 bits per heavy atom. The maximum Gasteiger partial charge on any atom is 0.243 e. The molecule has 0 aliphatic heterocycles. The Balaban J connectivity index is 0. The largest absolute Gasteiger partial charge is 0.368 e. The third kappa shape index (κ3) is 15.7. The van der Waals surface area contributed by atoms with E-state index in [1.54, 1.807) is 7.05 Å². The average Bonchev–Trinajstić information content (AvgIpc) is 2.76. The van der Waals surface area contributed by atoms with Crippen LogP contribution in [0.5, 0.6) is 0 Å². The van der Waals surface area contributed by atoms with Crippen molar-refractivity contribution in [1.82, 2.24) is 21.3 Å². The Bertz CT molecular complexity index is 476. The van der Waals surface area contributed by atoms with E-state index in [2.05, 4.69) is 40.8 Å². The van der Waals surface area contributed by atoms with Gasteiger partial charge in [0.15, 0.2) is 0 Å². The maximum atomic E-state index is 12.8. The number of unbranched alkanes of at least 4 members (excludes halogenated alkanes) is 4. The molecule has 0 rings (SSSR count). The molecule has 0 radical (unpaired) electrons. The monoisotopic (exact) mass is 444 g/mol. The quantitative estimate of drug-likeness (QED) is 0.172. The highest BCUT2D eigenvalue weighted by Crippen LogP contribution is 2.07. The molecule has 31 heavy (non-hydrogen) atoms. The molecule has 0 aromatic heterocycles. The number of hydrogen-bond donors (Lipinski definition) is 6. The molecule has 0 spiro atoms. The fourth-order valence-electron chi connectivity index (χ4n) is 3.16. The van der Waals surface area contributed by atoms with Gasteiger partial charge in [-0.1, -0.05) is 46.0 Å². The number of carbonyl (C=O) groups is 3. The predicted molar refractivity (Wildman–Crippen MR) is 127 cm³/mol. The molecule has 9 nitrogen and oxygen atoms in total. The number of rotatable bonds is 18. The van der Waals surface area contributed by atoms with Gasteiger partial charge in [-0.3, -0.25) is 14.4 Å². The first-order valence-corrected chi connectivity index (χ1v) is 11.7. The van der Waals surface area contributed by atoms with E-state index in [1.807, 2.05) is 7.05 Å². The van der Waals surface area contributed by atoms with Crippen LogP contribution in [-0.2, 0) is 14.4 Å². The van der Waals surface area contributed by atoms with Gasteiger partial charge >= 0.3 is 0 Å². The lowest BCUT2D eigenvalue weighted by Gasteiger charge is -2.24. The SMILES string of the molecule is CCCCCC(NC(=O)C(CCCCNC)NC(=O)C(CCCC)NC)C(N)=O.CN. The zero-order valence-electron chi connectivity index (χ0n) is 20.4. The van der Waals surface area contributed by atoms with Gasteiger partial charge in [0.05, 0.1) is 6.04 Å². The molecular weight excluding hydrogens is 396 g/mol. The van der Waals surface area contributed by atoms with E-state index in [0.29, 0.717) is 19.3 Å². The van der Waals surface area contributed by atoms with Crippen LogP contribution in [0.2, 0.25) is 0 Å². The molecule has 0 bridgehead atoms. The van der Waals surface area contributed by atoms with Gasteiger partial charge in [-0.25, -0.2) is 0 Å². The number of nitrogens with two attached hydrogens (primary N) is 2. The van der Waals surface area contributed by atoms with E-state index in [9.17, 15) is 14.4 Å². The normalized spacial score (nSPS) is 13.4. The topological polar surface area (TPSA) is 151 Å². The summed E-state index contributed by atoms with van der Waals surface area (Å²) in [7, 11) is 5.13. The molecule has 0 heterocycles. The van der Waals surface area contributed by atoms with Crippen molar-refractivity contribution in [2.75, 3.05) is 27.7 Å². The van der Waals surface area contributed by atoms with Crippen molar-refractivity contribution in [3.8, 4) is 0 Å². The Morgan fingerprint density at radius 1 is 0.710 bits per heavy atom. The number of amides is 3. The first-order chi connectivity index (χ1) is 14.9. The number of carbonyl (C=O) groups excluding carboxylic acids is 3. The Morgan fingerprint density at radius 3 is 1.71 bits per heavy atom. The number of likely N-dealkylation sites (N-methyl/N-ethyl adjacent to an activating group) is 1. The minimum absolute atomic E-state index is 0.184. The third-order valence-corrected chi connectivity index (χ3v) is 5.07. The van der Waals surface area contributed by atoms with Crippen molar-refractivity contribution in [3.05, 3.63) is 0 Å². The molecule has 3 atom stereocenters. The van der Waals surface area contributed by atoms with Crippen LogP contribution in [0.25, 0.3) is 0 Å². The second-order valence-electron chi connectivity index (χ2n) is 7.60. The van der Waals surface area contributed by atoms with Crippen LogP contribution < -0.4 is 32.7 Å². The summed E-state index contributed by atoms with van der Waals surface area (Å²) in [5.41, 5.74) is 9.97. The number of nitrogens with one attached hydrogen (secondary N) is 4. The van der Waals surface area contributed by atoms with Gasteiger partial charge in [0.1, 0.15) is 12.1 Å². The Labute approximate surface area is 189 Å². The highest BCUT2D eigenvalue weighted by atomic mass is 16.2. The second kappa shape index (κ2) is 21.5. The van der Waals surface area contributed by atoms with E-state index in [4.69, 9.17) is 5.73 Å². The van der Waals surface area contributed by atoms with E-state index >= 15 is 0 Å². The van der Waals surface area contributed by atoms with Gasteiger partial charge in [-0.2, -0.15) is 0 Å². The summed E-state index contributed by atoms with van der Waals surface area (Å²) in [5.74, 6) is -1.06. The van der Waals surface area contributed by atoms with Crippen LogP contribution in [0.4, 0.5) is 0 Å². The van der Waals surface area contributed by atoms with Gasteiger partial charge in [-0.05, 0) is 59.8 Å². The van der Waals surface area contributed by atoms with Gasteiger partial charge < -0.3 is 32.7 Å². The molecule has 0 fully saturated rings. The smallest absolute Gasteiger partial charge is 0.243 e. The van der Waals surface area contributed by atoms with E-state index < -0.39 is 18.0 Å². The van der Waals surface area contributed by atoms with Gasteiger partial charge in [0.25, 0.3) is 0 Å². The molecule has 0 aliphatic rings. The molecule has 9 heteroatoms. The Hall–Kier alpha value is -1.71. The molecule has 0 saturated heterocycles. The van der Waals surface area contributed by atoms with Gasteiger partial charge in [0, 0.05) is 0 Å². The van der Waals surface area contributed by atoms with Crippen LogP contribution in [0.1, 0.15) is 78.1 Å². The minimum atomic E-state index is -0.703. The first kappa shape index (κ1) is 31.5. The maximum absolute atomic E-state index is 12.8. The van der Waals surface area contributed by atoms with Gasteiger partial charge in [-0.15, -0.1) is 0 Å². The molecular formula is C22H48N6O3. The average molecular weight is 445 g/mol. The van der Waals surface area contributed by atoms with Crippen LogP contribution in [-0.4, -0.2) is 63.5 Å². The fraction of sp³-hybridized carbons (Fsp3) is 0.864. The summed E-state index contributed by atoms with van der Waals surface area (Å²) in [5, 5.41) is 11.7. The van der Waals surface area contributed by atoms with Crippen LogP contribution in [0.15, 0.2) is 0 Å². The van der Waals surface area contributed by atoms with Crippen molar-refractivity contribution in [2.45, 2.75) is 96.2 Å². The zero-order valence-corrected chi connectivity index (χ0v) is 20.4. The molecule has 0 aromatic carbocycles. The number of primary amides is 1. The predicted octanol–water partition coefficient (Wildman–Crippen LogP) is 0.764. The summed E-state index contributed by atoms with van der Waals surface area (Å²) in [6.45, 7) is 5.00. The van der Waals surface area contributed by atoms with E-state index in [1.165, 1.54) is 7.05 Å². The summed E-state index contributed by atoms with van der Waals surface area (Å²) >= 11 is 0. The molecule has 0 aliphatic carbocycles. The summed E-state index contributed by atoms with van der Waals surface area (Å²) in [6.07, 6.45) is 8.19. The standard InChI is InChI=1S/C21H43N5O3.CH5N/c1-5-7-9-13-16(19(22)27)25-21(29)18(14-10-11-15-23-3)26-20(28)17(24-4)12-8-6-2;1-2/h16-18,23-24H,5-15H2,1-4H3,(H2,22,27)(H,25,29)(H,26,28);2H2,1H3. The van der Waals surface area contributed by atoms with Crippen molar-refractivity contribution >= 4 is 17.7 Å². The summed E-state index contributed by atoms with van der Waals surface area (Å²) < 4.78 is 0. The summed E-state index contributed by atoms with van der Waals surface area (Å²) in [4.78, 5) is 37.3. The highest BCUT2D eigenvalue weighted by Gasteiger charge is 2.27. The van der Waals surface area contributed by atoms with Crippen molar-refractivity contribution in [3.63, 3.8) is 0 Å². The lowest BCUT2D eigenvalue weighted by Crippen LogP contribution is -2.55. The van der Waals surface area contributed by atoms with Crippen LogP contribution >= 0.6 is 0 Å². The van der Waals surface area contributed by atoms with Crippen molar-refractivity contribution in [1.29, 1.82) is 0 Å². The lowest BCUT2D eigenvalue weighted by atomic mass is 10.0. The first-order valence-electron chi connectivity index (χ1n) is 11.7. The van der Waals surface area contributed by atoms with Gasteiger partial charge in [0.2, 0.25) is 17.7 Å². The second-order valence-corrected chi connectivity index (χ2v) is 7.60. The van der Waals surface area contributed by atoms with Crippen molar-refractivity contribution < 1.29 is 14.4 Å². The lowest BCUT2D eigenvalue weighted by molar-refractivity contribution is -0.132. The molecule has 0 saturated carbocycles. The van der Waals surface area contributed by atoms with Crippen molar-refractivity contribution in [2.24, 2.45) is 11.5 Å². The molecule has 0 aromatic rings. The van der Waals surface area contributed by atoms with E-state index in [-0.39, 0.29) is 17.9 Å². The zero-order chi connectivity index (χ0) is 24.1. The minimum Gasteiger partial charge on any atom is -0.368 e. The molecule has 3 unspecified atom stereocenters. The molecule has 8 N–H and O–H groups in total. The fourth-order valence-corrected chi connectivity index (χ4v) is 3.16. The highest BCUT2D eigenvalue weighted by molar-refractivity contribution is 5.92. The molecule has 3 amide bonds. The summed E-state index contributed by atoms with van der Waals surface area (Å²) in [6, 6.07) is -1.71. The van der Waals surface area contributed by atoms with Crippen LogP contribution in [0.3, 0.4) is 0 Å². The van der Waals surface area contributed by atoms with E-state index in [0.717, 1.165) is 51.5 Å². The van der Waals surface area contributed by atoms with Crippen LogP contribution in [0, 0.1) is 0 Å².